The van der Waals surface area contributed by atoms with Crippen LogP contribution in [0.3, 0.4) is 0 Å². The molecule has 4 rings (SSSR count). The smallest absolute Gasteiger partial charge is 0.223 e. The predicted molar refractivity (Wildman–Crippen MR) is 92.8 cm³/mol. The van der Waals surface area contributed by atoms with Gasteiger partial charge in [-0.2, -0.15) is 5.10 Å². The standard InChI is InChI=1S/C18H17ClN4O/c19-16-4-2-1-3-12(16)5-6-17(24)23-8-7-14-13(11-23)9-20-18-15(14)10-21-22-18/h1-4,9-10H,5-8,11H2,(H,20,21,22). The number of benzene rings is 1. The van der Waals surface area contributed by atoms with E-state index in [0.717, 1.165) is 40.1 Å². The molecule has 1 amide bonds. The summed E-state index contributed by atoms with van der Waals surface area (Å²) in [6.07, 6.45) is 5.65. The Morgan fingerprint density at radius 3 is 3.04 bits per heavy atom. The second kappa shape index (κ2) is 6.24. The molecule has 0 aliphatic carbocycles. The molecule has 2 aromatic heterocycles. The number of hydrogen-bond acceptors (Lipinski definition) is 3. The molecule has 0 bridgehead atoms. The van der Waals surface area contributed by atoms with Crippen molar-refractivity contribution in [3.8, 4) is 0 Å². The first-order chi connectivity index (χ1) is 11.7. The van der Waals surface area contributed by atoms with Crippen molar-refractivity contribution in [3.63, 3.8) is 0 Å². The zero-order chi connectivity index (χ0) is 16.5. The summed E-state index contributed by atoms with van der Waals surface area (Å²) in [5, 5.41) is 8.74. The number of carbonyl (C=O) groups is 1. The minimum atomic E-state index is 0.160. The highest BCUT2D eigenvalue weighted by Crippen LogP contribution is 2.25. The Labute approximate surface area is 144 Å². The van der Waals surface area contributed by atoms with E-state index in [1.807, 2.05) is 41.6 Å². The molecule has 1 aliphatic heterocycles. The number of fused-ring (bicyclic) bond motifs is 3. The van der Waals surface area contributed by atoms with Crippen molar-refractivity contribution in [2.24, 2.45) is 0 Å². The number of nitrogens with one attached hydrogen (secondary N) is 1. The van der Waals surface area contributed by atoms with Crippen LogP contribution in [0.2, 0.25) is 5.02 Å². The van der Waals surface area contributed by atoms with Gasteiger partial charge in [-0.15, -0.1) is 0 Å². The average Bonchev–Trinajstić information content (AvgIpc) is 3.09. The summed E-state index contributed by atoms with van der Waals surface area (Å²) in [7, 11) is 0. The van der Waals surface area contributed by atoms with Gasteiger partial charge in [-0.1, -0.05) is 29.8 Å². The van der Waals surface area contributed by atoms with Gasteiger partial charge in [-0.3, -0.25) is 9.89 Å². The van der Waals surface area contributed by atoms with Crippen LogP contribution in [0.15, 0.2) is 36.7 Å². The fourth-order valence-electron chi connectivity index (χ4n) is 3.27. The van der Waals surface area contributed by atoms with Crippen molar-refractivity contribution in [3.05, 3.63) is 58.4 Å². The van der Waals surface area contributed by atoms with Gasteiger partial charge in [-0.25, -0.2) is 4.98 Å². The van der Waals surface area contributed by atoms with E-state index in [-0.39, 0.29) is 5.91 Å². The number of nitrogens with zero attached hydrogens (tertiary/aromatic N) is 3. The molecule has 0 atom stereocenters. The van der Waals surface area contributed by atoms with Crippen LogP contribution < -0.4 is 0 Å². The highest BCUT2D eigenvalue weighted by Gasteiger charge is 2.23. The van der Waals surface area contributed by atoms with Crippen LogP contribution in [0, 0.1) is 0 Å². The number of hydrogen-bond donors (Lipinski definition) is 1. The maximum Gasteiger partial charge on any atom is 0.223 e. The zero-order valence-corrected chi connectivity index (χ0v) is 13.9. The first-order valence-corrected chi connectivity index (χ1v) is 8.41. The lowest BCUT2D eigenvalue weighted by atomic mass is 9.98. The SMILES string of the molecule is O=C(CCc1ccccc1Cl)N1CCc2c(cnc3[nH]ncc23)C1. The van der Waals surface area contributed by atoms with Gasteiger partial charge in [0.05, 0.1) is 6.20 Å². The largest absolute Gasteiger partial charge is 0.338 e. The lowest BCUT2D eigenvalue weighted by Gasteiger charge is -2.29. The highest BCUT2D eigenvalue weighted by molar-refractivity contribution is 6.31. The molecule has 24 heavy (non-hydrogen) atoms. The van der Waals surface area contributed by atoms with Crippen molar-refractivity contribution in [2.45, 2.75) is 25.8 Å². The van der Waals surface area contributed by atoms with Gasteiger partial charge in [0.1, 0.15) is 0 Å². The average molecular weight is 341 g/mol. The lowest BCUT2D eigenvalue weighted by Crippen LogP contribution is -2.36. The summed E-state index contributed by atoms with van der Waals surface area (Å²) < 4.78 is 0. The zero-order valence-electron chi connectivity index (χ0n) is 13.1. The molecular formula is C18H17ClN4O. The second-order valence-electron chi connectivity index (χ2n) is 6.05. The second-order valence-corrected chi connectivity index (χ2v) is 6.46. The first-order valence-electron chi connectivity index (χ1n) is 8.03. The molecule has 1 aliphatic rings. The van der Waals surface area contributed by atoms with E-state index in [2.05, 4.69) is 15.2 Å². The van der Waals surface area contributed by atoms with Gasteiger partial charge in [0, 0.05) is 36.1 Å². The van der Waals surface area contributed by atoms with Gasteiger partial charge in [0.2, 0.25) is 5.91 Å². The number of aromatic nitrogens is 3. The molecule has 1 aromatic carbocycles. The number of aromatic amines is 1. The number of rotatable bonds is 3. The van der Waals surface area contributed by atoms with Crippen LogP contribution in [0.1, 0.15) is 23.1 Å². The number of halogens is 1. The number of pyridine rings is 1. The maximum absolute atomic E-state index is 12.6. The minimum absolute atomic E-state index is 0.160. The highest BCUT2D eigenvalue weighted by atomic mass is 35.5. The summed E-state index contributed by atoms with van der Waals surface area (Å²) in [5.74, 6) is 0.160. The van der Waals surface area contributed by atoms with Crippen LogP contribution in [-0.4, -0.2) is 32.5 Å². The van der Waals surface area contributed by atoms with Gasteiger partial charge in [0.15, 0.2) is 5.65 Å². The van der Waals surface area contributed by atoms with Crippen molar-refractivity contribution in [1.82, 2.24) is 20.1 Å². The molecule has 122 valence electrons. The monoisotopic (exact) mass is 340 g/mol. The van der Waals surface area contributed by atoms with E-state index in [1.54, 1.807) is 0 Å². The van der Waals surface area contributed by atoms with Gasteiger partial charge >= 0.3 is 0 Å². The lowest BCUT2D eigenvalue weighted by molar-refractivity contribution is -0.132. The van der Waals surface area contributed by atoms with E-state index in [9.17, 15) is 4.79 Å². The number of aryl methyl sites for hydroxylation is 1. The van der Waals surface area contributed by atoms with E-state index < -0.39 is 0 Å². The third-order valence-corrected chi connectivity index (χ3v) is 4.96. The number of carbonyl (C=O) groups excluding carboxylic acids is 1. The van der Waals surface area contributed by atoms with Crippen molar-refractivity contribution in [1.29, 1.82) is 0 Å². The molecule has 0 saturated carbocycles. The Morgan fingerprint density at radius 1 is 1.29 bits per heavy atom. The van der Waals surface area contributed by atoms with E-state index in [1.165, 1.54) is 5.56 Å². The Hall–Kier alpha value is -2.40. The van der Waals surface area contributed by atoms with Crippen LogP contribution in [0.4, 0.5) is 0 Å². The minimum Gasteiger partial charge on any atom is -0.338 e. The Morgan fingerprint density at radius 2 is 2.17 bits per heavy atom. The van der Waals surface area contributed by atoms with Crippen LogP contribution in [0.25, 0.3) is 11.0 Å². The summed E-state index contributed by atoms with van der Waals surface area (Å²) in [4.78, 5) is 18.8. The topological polar surface area (TPSA) is 61.9 Å². The van der Waals surface area contributed by atoms with Gasteiger partial charge in [0.25, 0.3) is 0 Å². The van der Waals surface area contributed by atoms with E-state index in [4.69, 9.17) is 11.6 Å². The first kappa shape index (κ1) is 15.1. The molecule has 0 spiro atoms. The van der Waals surface area contributed by atoms with E-state index in [0.29, 0.717) is 19.4 Å². The predicted octanol–water partition coefficient (Wildman–Crippen LogP) is 3.13. The molecule has 1 N–H and O–H groups in total. The van der Waals surface area contributed by atoms with Gasteiger partial charge < -0.3 is 4.90 Å². The Kier molecular flexibility index (Phi) is 3.94. The maximum atomic E-state index is 12.6. The summed E-state index contributed by atoms with van der Waals surface area (Å²) in [5.41, 5.74) is 4.20. The van der Waals surface area contributed by atoms with Crippen LogP contribution in [0.5, 0.6) is 0 Å². The fourth-order valence-corrected chi connectivity index (χ4v) is 3.50. The van der Waals surface area contributed by atoms with Gasteiger partial charge in [-0.05, 0) is 35.6 Å². The third-order valence-electron chi connectivity index (χ3n) is 4.59. The van der Waals surface area contributed by atoms with Crippen LogP contribution in [-0.2, 0) is 24.2 Å². The summed E-state index contributed by atoms with van der Waals surface area (Å²) in [6.45, 7) is 1.35. The molecule has 0 saturated heterocycles. The molecule has 3 aromatic rings. The Bertz CT molecular complexity index is 905. The molecule has 0 radical (unpaired) electrons. The number of amides is 1. The molecule has 0 fully saturated rings. The Balaban J connectivity index is 1.46. The van der Waals surface area contributed by atoms with Crippen molar-refractivity contribution < 1.29 is 4.79 Å². The summed E-state index contributed by atoms with van der Waals surface area (Å²) >= 11 is 6.16. The van der Waals surface area contributed by atoms with Crippen molar-refractivity contribution in [2.75, 3.05) is 6.54 Å². The summed E-state index contributed by atoms with van der Waals surface area (Å²) in [6, 6.07) is 7.69. The fraction of sp³-hybridized carbons (Fsp3) is 0.278. The third kappa shape index (κ3) is 2.76. The quantitative estimate of drug-likeness (QED) is 0.796. The normalized spacial score (nSPS) is 14.0. The number of H-pyrrole nitrogens is 1. The van der Waals surface area contributed by atoms with Crippen LogP contribution >= 0.6 is 11.6 Å². The van der Waals surface area contributed by atoms with Crippen molar-refractivity contribution >= 4 is 28.5 Å². The molecule has 6 heteroatoms. The van der Waals surface area contributed by atoms with E-state index >= 15 is 0 Å². The molecule has 5 nitrogen and oxygen atoms in total. The molecule has 3 heterocycles. The molecule has 0 unspecified atom stereocenters. The molecular weight excluding hydrogens is 324 g/mol.